The van der Waals surface area contributed by atoms with Crippen molar-refractivity contribution in [3.05, 3.63) is 12.7 Å². The van der Waals surface area contributed by atoms with Gasteiger partial charge in [-0.2, -0.15) is 4.31 Å². The quantitative estimate of drug-likeness (QED) is 0.121. The van der Waals surface area contributed by atoms with Crippen molar-refractivity contribution in [3.63, 3.8) is 0 Å². The minimum Gasteiger partial charge on any atom is -0.462 e. The molecular weight excluding hydrogens is 828 g/mol. The van der Waals surface area contributed by atoms with E-state index in [1.807, 2.05) is 0 Å². The summed E-state index contributed by atoms with van der Waals surface area (Å²) in [6, 6.07) is 0. The maximum absolute atomic E-state index is 13.4. The van der Waals surface area contributed by atoms with E-state index in [4.69, 9.17) is 57.4 Å². The first-order valence-corrected chi connectivity index (χ1v) is 20.1. The lowest BCUT2D eigenvalue weighted by atomic mass is 9.94. The molecule has 2 aromatic rings. The van der Waals surface area contributed by atoms with Gasteiger partial charge >= 0.3 is 45.5 Å². The third-order valence-electron chi connectivity index (χ3n) is 8.20. The predicted molar refractivity (Wildman–Crippen MR) is 183 cm³/mol. The number of anilines is 1. The number of imidazole rings is 1. The number of ether oxygens (including phenoxy) is 9. The Morgan fingerprint density at radius 2 is 1.47 bits per heavy atom. The molecule has 26 nitrogen and oxygen atoms in total. The monoisotopic (exact) mass is 869 g/mol. The van der Waals surface area contributed by atoms with Gasteiger partial charge in [-0.1, -0.05) is 0 Å². The fourth-order valence-electron chi connectivity index (χ4n) is 6.34. The van der Waals surface area contributed by atoms with Crippen LogP contribution in [0.3, 0.4) is 0 Å². The minimum absolute atomic E-state index is 0.0850. The molecule has 0 aliphatic carbocycles. The van der Waals surface area contributed by atoms with E-state index in [1.54, 1.807) is 13.8 Å². The lowest BCUT2D eigenvalue weighted by Crippen LogP contribution is -2.65. The highest BCUT2D eigenvalue weighted by Gasteiger charge is 2.59. The van der Waals surface area contributed by atoms with Crippen LogP contribution in [0.2, 0.25) is 0 Å². The molecule has 0 spiro atoms. The van der Waals surface area contributed by atoms with Gasteiger partial charge in [0.2, 0.25) is 6.29 Å². The van der Waals surface area contributed by atoms with Crippen molar-refractivity contribution in [1.82, 2.24) is 19.5 Å². The molecule has 5 rings (SSSR count). The average molecular weight is 870 g/mol. The first-order valence-electron chi connectivity index (χ1n) is 17.1. The Morgan fingerprint density at radius 1 is 0.845 bits per heavy atom. The Bertz CT molecular complexity index is 2000. The Balaban J connectivity index is 1.38. The fraction of sp³-hybridized carbons (Fsp3) is 0.667. The molecule has 0 bridgehead atoms. The van der Waals surface area contributed by atoms with Gasteiger partial charge in [0.05, 0.1) is 12.9 Å². The van der Waals surface area contributed by atoms with Gasteiger partial charge in [-0.25, -0.2) is 24.1 Å². The van der Waals surface area contributed by atoms with Crippen LogP contribution in [0.15, 0.2) is 12.7 Å². The number of hydrogen-bond acceptors (Lipinski definition) is 23. The zero-order chi connectivity index (χ0) is 42.9. The molecule has 0 radical (unpaired) electrons. The molecule has 5 heterocycles. The van der Waals surface area contributed by atoms with Crippen molar-refractivity contribution in [3.8, 4) is 0 Å². The second kappa shape index (κ2) is 17.6. The van der Waals surface area contributed by atoms with Gasteiger partial charge < -0.3 is 58.2 Å². The summed E-state index contributed by atoms with van der Waals surface area (Å²) in [6.45, 7) is 6.30. The lowest BCUT2D eigenvalue weighted by Gasteiger charge is -2.45. The standard InChI is InChI=1S/C30H41N5O21P2/c1-12(36)45-8-17(47-13(2)37)20-22(48-14(3)38)23(49-15(4)39)25(50-16(5)40)29(52-20)55-58(43,44)56-57(41,42)46-9-18-21-24(54-30(6,7)53-21)28(51-18)35-11-34-19-26(31)32-10-33-27(19)35/h10-11,17-18,20-25,28-29H,8-9H2,1-7H3,(H,41,42)(H,43,44)(H2,31,32,33)/t17-,18?,20?,21?,22?,23?,24?,25?,28?,29?/m1/s1. The molecule has 11 unspecified atom stereocenters. The Morgan fingerprint density at radius 3 is 2.09 bits per heavy atom. The fourth-order valence-corrected chi connectivity index (χ4v) is 8.50. The van der Waals surface area contributed by atoms with E-state index >= 15 is 0 Å². The van der Waals surface area contributed by atoms with Gasteiger partial charge in [0.25, 0.3) is 0 Å². The average Bonchev–Trinajstić information content (AvgIpc) is 3.74. The molecule has 0 amide bonds. The molecule has 3 aliphatic rings. The second-order valence-electron chi connectivity index (χ2n) is 13.3. The van der Waals surface area contributed by atoms with E-state index in [2.05, 4.69) is 19.3 Å². The predicted octanol–water partition coefficient (Wildman–Crippen LogP) is 0.0914. The molecule has 12 atom stereocenters. The number of phosphoric ester groups is 2. The van der Waals surface area contributed by atoms with Crippen LogP contribution in [0.1, 0.15) is 54.7 Å². The minimum atomic E-state index is -5.91. The molecule has 0 aromatic carbocycles. The number of esters is 5. The largest absolute Gasteiger partial charge is 0.483 e. The van der Waals surface area contributed by atoms with Crippen LogP contribution in [0.5, 0.6) is 0 Å². The van der Waals surface area contributed by atoms with Crippen molar-refractivity contribution in [2.24, 2.45) is 0 Å². The highest BCUT2D eigenvalue weighted by atomic mass is 31.3. The maximum Gasteiger partial charge on any atom is 0.483 e. The number of carbonyl (C=O) groups excluding carboxylic acids is 5. The highest BCUT2D eigenvalue weighted by molar-refractivity contribution is 7.61. The van der Waals surface area contributed by atoms with Gasteiger partial charge in [0.1, 0.15) is 42.9 Å². The molecule has 3 fully saturated rings. The second-order valence-corrected chi connectivity index (χ2v) is 16.3. The third-order valence-corrected chi connectivity index (χ3v) is 10.8. The zero-order valence-electron chi connectivity index (χ0n) is 31.8. The molecular formula is C30H41N5O21P2. The van der Waals surface area contributed by atoms with Crippen LogP contribution in [-0.2, 0) is 89.1 Å². The number of phosphoric acid groups is 2. The van der Waals surface area contributed by atoms with Crippen molar-refractivity contribution in [2.45, 2.75) is 116 Å². The van der Waals surface area contributed by atoms with E-state index in [-0.39, 0.29) is 17.0 Å². The molecule has 0 saturated carbocycles. The number of carbonyl (C=O) groups is 5. The molecule has 2 aromatic heterocycles. The van der Waals surface area contributed by atoms with Crippen molar-refractivity contribution in [2.75, 3.05) is 18.9 Å². The molecule has 58 heavy (non-hydrogen) atoms. The van der Waals surface area contributed by atoms with Crippen LogP contribution in [0.25, 0.3) is 11.2 Å². The van der Waals surface area contributed by atoms with E-state index in [0.717, 1.165) is 34.6 Å². The van der Waals surface area contributed by atoms with Crippen LogP contribution >= 0.6 is 15.6 Å². The van der Waals surface area contributed by atoms with Crippen molar-refractivity contribution in [1.29, 1.82) is 0 Å². The Kier molecular flexibility index (Phi) is 13.6. The van der Waals surface area contributed by atoms with E-state index in [1.165, 1.54) is 17.2 Å². The lowest BCUT2D eigenvalue weighted by molar-refractivity contribution is -0.301. The van der Waals surface area contributed by atoms with Gasteiger partial charge in [-0.3, -0.25) is 37.6 Å². The third kappa shape index (κ3) is 10.9. The normalized spacial score (nSPS) is 30.3. The topological polar surface area (TPSA) is 340 Å². The number of fused-ring (bicyclic) bond motifs is 2. The highest BCUT2D eigenvalue weighted by Crippen LogP contribution is 2.62. The summed E-state index contributed by atoms with van der Waals surface area (Å²) in [7, 11) is -11.5. The van der Waals surface area contributed by atoms with E-state index in [9.17, 15) is 42.9 Å². The Labute approximate surface area is 327 Å². The summed E-state index contributed by atoms with van der Waals surface area (Å²) in [4.78, 5) is 94.2. The number of nitrogens with two attached hydrogens (primary N) is 1. The van der Waals surface area contributed by atoms with Crippen molar-refractivity contribution < 1.29 is 98.9 Å². The first-order chi connectivity index (χ1) is 27.0. The van der Waals surface area contributed by atoms with E-state index < -0.39 is 126 Å². The molecule has 28 heteroatoms. The molecule has 3 saturated heterocycles. The molecule has 3 aliphatic heterocycles. The zero-order valence-corrected chi connectivity index (χ0v) is 33.5. The van der Waals surface area contributed by atoms with Crippen LogP contribution < -0.4 is 5.73 Å². The van der Waals surface area contributed by atoms with Crippen LogP contribution in [-0.4, -0.2) is 133 Å². The molecule has 4 N–H and O–H groups in total. The van der Waals surface area contributed by atoms with Crippen LogP contribution in [0, 0.1) is 0 Å². The summed E-state index contributed by atoms with van der Waals surface area (Å²) < 4.78 is 92.6. The summed E-state index contributed by atoms with van der Waals surface area (Å²) in [6.07, 6.45) is -13.3. The summed E-state index contributed by atoms with van der Waals surface area (Å²) in [5.74, 6) is -6.16. The first kappa shape index (κ1) is 44.9. The summed E-state index contributed by atoms with van der Waals surface area (Å²) >= 11 is 0. The summed E-state index contributed by atoms with van der Waals surface area (Å²) in [5, 5.41) is 0. The van der Waals surface area contributed by atoms with Crippen LogP contribution in [0.4, 0.5) is 5.82 Å². The number of hydrogen-bond donors (Lipinski definition) is 3. The van der Waals surface area contributed by atoms with Gasteiger partial charge in [-0.05, 0) is 13.8 Å². The smallest absolute Gasteiger partial charge is 0.462 e. The number of nitrogen functional groups attached to an aromatic ring is 1. The SMILES string of the molecule is CC(=O)OC[C@@H](OC(C)=O)C1OC(OP(=O)(O)OP(=O)(O)OCC2OC(n3cnc4c(N)ncnc43)C3OC(C)(C)OC23)C(OC(C)=O)C(OC(C)=O)C1OC(C)=O. The van der Waals surface area contributed by atoms with Gasteiger partial charge in [0, 0.05) is 34.6 Å². The number of aromatic nitrogens is 4. The van der Waals surface area contributed by atoms with E-state index in [0.29, 0.717) is 0 Å². The summed E-state index contributed by atoms with van der Waals surface area (Å²) in [5.41, 5.74) is 6.43. The number of nitrogens with zero attached hydrogens (tertiary/aromatic N) is 4. The maximum atomic E-state index is 13.4. The van der Waals surface area contributed by atoms with Crippen molar-refractivity contribution >= 4 is 62.5 Å². The van der Waals surface area contributed by atoms with Gasteiger partial charge in [-0.15, -0.1) is 0 Å². The Hall–Kier alpha value is -4.20. The molecule has 322 valence electrons. The number of rotatable bonds is 15. The van der Waals surface area contributed by atoms with Gasteiger partial charge in [0.15, 0.2) is 47.9 Å².